The van der Waals surface area contributed by atoms with Gasteiger partial charge in [0.2, 0.25) is 10.0 Å². The van der Waals surface area contributed by atoms with E-state index in [1.54, 1.807) is 11.5 Å². The van der Waals surface area contributed by atoms with Crippen LogP contribution in [0.1, 0.15) is 30.9 Å². The highest BCUT2D eigenvalue weighted by atomic mass is 35.5. The molecule has 2 heterocycles. The number of nitrogens with zero attached hydrogens (tertiary/aromatic N) is 3. The Bertz CT molecular complexity index is 1460. The minimum Gasteiger partial charge on any atom is -0.465 e. The van der Waals surface area contributed by atoms with E-state index in [0.29, 0.717) is 22.7 Å². The molecule has 0 radical (unpaired) electrons. The van der Waals surface area contributed by atoms with Gasteiger partial charge >= 0.3 is 5.97 Å². The molecule has 1 saturated heterocycles. The first-order valence-electron chi connectivity index (χ1n) is 11.2. The average molecular weight is 536 g/mol. The second kappa shape index (κ2) is 10.2. The SMILES string of the molecule is CCOC(=O)Cn1c(=NC(=O)C2CCCN2S(=O)(=O)c2ccc(Cl)cc2)sc2cc(C)c(C)cc21. The van der Waals surface area contributed by atoms with E-state index in [1.165, 1.54) is 39.9 Å². The van der Waals surface area contributed by atoms with E-state index in [9.17, 15) is 18.0 Å². The standard InChI is InChI=1S/C24H26ClN3O5S2/c1-4-33-22(29)14-27-20-12-15(2)16(3)13-21(20)34-24(27)26-23(30)19-6-5-11-28(19)35(31,32)18-9-7-17(25)8-10-18/h7-10,12-13,19H,4-6,11,14H2,1-3H3. The summed E-state index contributed by atoms with van der Waals surface area (Å²) in [4.78, 5) is 30.4. The second-order valence-corrected chi connectivity index (χ2v) is 11.7. The van der Waals surface area contributed by atoms with Crippen molar-refractivity contribution < 1.29 is 22.7 Å². The lowest BCUT2D eigenvalue weighted by Gasteiger charge is -2.21. The number of aromatic nitrogens is 1. The number of benzene rings is 2. The van der Waals surface area contributed by atoms with Crippen LogP contribution in [-0.2, 0) is 30.9 Å². The number of fused-ring (bicyclic) bond motifs is 1. The number of ether oxygens (including phenoxy) is 1. The molecule has 0 aliphatic carbocycles. The van der Waals surface area contributed by atoms with Gasteiger partial charge in [-0.1, -0.05) is 22.9 Å². The predicted octanol–water partition coefficient (Wildman–Crippen LogP) is 3.82. The minimum atomic E-state index is -3.90. The molecule has 186 valence electrons. The second-order valence-electron chi connectivity index (χ2n) is 8.36. The molecule has 1 aromatic heterocycles. The van der Waals surface area contributed by atoms with Gasteiger partial charge in [-0.05, 0) is 81.1 Å². The van der Waals surface area contributed by atoms with Gasteiger partial charge in [0, 0.05) is 11.6 Å². The smallest absolute Gasteiger partial charge is 0.326 e. The number of aryl methyl sites for hydroxylation is 2. The topological polar surface area (TPSA) is 98.0 Å². The average Bonchev–Trinajstić information content (AvgIpc) is 3.41. The summed E-state index contributed by atoms with van der Waals surface area (Å²) in [7, 11) is -3.90. The highest BCUT2D eigenvalue weighted by molar-refractivity contribution is 7.89. The van der Waals surface area contributed by atoms with E-state index < -0.39 is 27.9 Å². The molecule has 0 bridgehead atoms. The number of carbonyl (C=O) groups excluding carboxylic acids is 2. The summed E-state index contributed by atoms with van der Waals surface area (Å²) in [6, 6.07) is 8.90. The van der Waals surface area contributed by atoms with Crippen LogP contribution in [0.4, 0.5) is 0 Å². The maximum atomic E-state index is 13.3. The number of thiazole rings is 1. The van der Waals surface area contributed by atoms with Gasteiger partial charge in [-0.25, -0.2) is 8.42 Å². The molecule has 3 aromatic rings. The van der Waals surface area contributed by atoms with Crippen LogP contribution in [0, 0.1) is 13.8 Å². The van der Waals surface area contributed by atoms with Crippen LogP contribution < -0.4 is 4.80 Å². The number of halogens is 1. The Hall–Kier alpha value is -2.53. The van der Waals surface area contributed by atoms with Crippen molar-refractivity contribution in [3.8, 4) is 0 Å². The molecule has 0 N–H and O–H groups in total. The predicted molar refractivity (Wildman–Crippen MR) is 135 cm³/mol. The zero-order valence-electron chi connectivity index (χ0n) is 19.7. The number of sulfonamides is 1. The molecule has 35 heavy (non-hydrogen) atoms. The lowest BCUT2D eigenvalue weighted by Crippen LogP contribution is -2.40. The van der Waals surface area contributed by atoms with E-state index >= 15 is 0 Å². The Morgan fingerprint density at radius 3 is 2.54 bits per heavy atom. The third-order valence-corrected chi connectivity index (χ3v) is 9.22. The molecule has 11 heteroatoms. The van der Waals surface area contributed by atoms with Crippen molar-refractivity contribution in [3.05, 3.63) is 57.3 Å². The summed E-state index contributed by atoms with van der Waals surface area (Å²) < 4.78 is 35.3. The van der Waals surface area contributed by atoms with Crippen LogP contribution in [0.15, 0.2) is 46.3 Å². The van der Waals surface area contributed by atoms with Crippen LogP contribution in [0.5, 0.6) is 0 Å². The van der Waals surface area contributed by atoms with E-state index in [-0.39, 0.29) is 24.6 Å². The monoisotopic (exact) mass is 535 g/mol. The van der Waals surface area contributed by atoms with Crippen LogP contribution >= 0.6 is 22.9 Å². The molecule has 1 unspecified atom stereocenters. The van der Waals surface area contributed by atoms with Crippen molar-refractivity contribution in [1.29, 1.82) is 0 Å². The van der Waals surface area contributed by atoms with Crippen molar-refractivity contribution in [2.24, 2.45) is 4.99 Å². The summed E-state index contributed by atoms with van der Waals surface area (Å²) in [5.41, 5.74) is 2.90. The maximum absolute atomic E-state index is 13.3. The fraction of sp³-hybridized carbons (Fsp3) is 0.375. The van der Waals surface area contributed by atoms with Gasteiger partial charge in [-0.2, -0.15) is 9.30 Å². The van der Waals surface area contributed by atoms with E-state index in [2.05, 4.69) is 4.99 Å². The van der Waals surface area contributed by atoms with Gasteiger partial charge < -0.3 is 9.30 Å². The zero-order valence-corrected chi connectivity index (χ0v) is 22.0. The van der Waals surface area contributed by atoms with Crippen LogP contribution in [0.3, 0.4) is 0 Å². The van der Waals surface area contributed by atoms with Gasteiger partial charge in [-0.15, -0.1) is 0 Å². The Balaban J connectivity index is 1.74. The van der Waals surface area contributed by atoms with Gasteiger partial charge in [0.25, 0.3) is 5.91 Å². The summed E-state index contributed by atoms with van der Waals surface area (Å²) in [5, 5.41) is 0.425. The number of amides is 1. The molecule has 1 aliphatic rings. The van der Waals surface area contributed by atoms with E-state index in [0.717, 1.165) is 21.3 Å². The highest BCUT2D eigenvalue weighted by Gasteiger charge is 2.39. The molecular weight excluding hydrogens is 510 g/mol. The number of hydrogen-bond acceptors (Lipinski definition) is 6. The van der Waals surface area contributed by atoms with E-state index in [1.807, 2.05) is 26.0 Å². The fourth-order valence-corrected chi connectivity index (χ4v) is 6.97. The third kappa shape index (κ3) is 5.20. The van der Waals surface area contributed by atoms with Crippen LogP contribution in [0.25, 0.3) is 10.2 Å². The summed E-state index contributed by atoms with van der Waals surface area (Å²) in [6.45, 7) is 6.06. The zero-order chi connectivity index (χ0) is 25.3. The summed E-state index contributed by atoms with van der Waals surface area (Å²) in [6.07, 6.45) is 0.919. The quantitative estimate of drug-likeness (QED) is 0.447. The molecular formula is C24H26ClN3O5S2. The van der Waals surface area contributed by atoms with Crippen molar-refractivity contribution in [2.45, 2.75) is 51.1 Å². The van der Waals surface area contributed by atoms with Crippen molar-refractivity contribution in [1.82, 2.24) is 8.87 Å². The highest BCUT2D eigenvalue weighted by Crippen LogP contribution is 2.28. The Kier molecular flexibility index (Phi) is 7.46. The molecule has 1 atom stereocenters. The number of hydrogen-bond donors (Lipinski definition) is 0. The number of esters is 1. The molecule has 1 aliphatic heterocycles. The van der Waals surface area contributed by atoms with Crippen LogP contribution in [0.2, 0.25) is 5.02 Å². The van der Waals surface area contributed by atoms with E-state index in [4.69, 9.17) is 16.3 Å². The molecule has 0 spiro atoms. The normalized spacial score (nSPS) is 17.3. The Morgan fingerprint density at radius 1 is 1.17 bits per heavy atom. The Labute approximate surface area is 212 Å². The summed E-state index contributed by atoms with van der Waals surface area (Å²) in [5.74, 6) is -0.996. The van der Waals surface area contributed by atoms with Gasteiger partial charge in [-0.3, -0.25) is 9.59 Å². The first-order valence-corrected chi connectivity index (χ1v) is 13.9. The lowest BCUT2D eigenvalue weighted by molar-refractivity contribution is -0.143. The summed E-state index contributed by atoms with van der Waals surface area (Å²) >= 11 is 7.19. The largest absolute Gasteiger partial charge is 0.465 e. The molecule has 0 saturated carbocycles. The fourth-order valence-electron chi connectivity index (χ4n) is 4.08. The number of carbonyl (C=O) groups is 2. The minimum absolute atomic E-state index is 0.0757. The van der Waals surface area contributed by atoms with Gasteiger partial charge in [0.05, 0.1) is 21.7 Å². The third-order valence-electron chi connectivity index (χ3n) is 6.01. The molecule has 2 aromatic carbocycles. The van der Waals surface area contributed by atoms with Crippen molar-refractivity contribution in [2.75, 3.05) is 13.2 Å². The molecule has 1 fully saturated rings. The first kappa shape index (κ1) is 25.6. The van der Waals surface area contributed by atoms with Gasteiger partial charge in [0.1, 0.15) is 12.6 Å². The molecule has 4 rings (SSSR count). The van der Waals surface area contributed by atoms with Crippen molar-refractivity contribution >= 4 is 55.1 Å². The van der Waals surface area contributed by atoms with Crippen molar-refractivity contribution in [3.63, 3.8) is 0 Å². The Morgan fingerprint density at radius 2 is 1.86 bits per heavy atom. The molecule has 8 nitrogen and oxygen atoms in total. The van der Waals surface area contributed by atoms with Crippen LogP contribution in [-0.4, -0.2) is 48.4 Å². The maximum Gasteiger partial charge on any atom is 0.326 e. The lowest BCUT2D eigenvalue weighted by atomic mass is 10.1. The first-order chi connectivity index (χ1) is 16.6. The van der Waals surface area contributed by atoms with Gasteiger partial charge in [0.15, 0.2) is 4.80 Å². The molecule has 1 amide bonds. The number of rotatable bonds is 6.